The van der Waals surface area contributed by atoms with Gasteiger partial charge >= 0.3 is 5.69 Å². The Kier molecular flexibility index (Phi) is 6.68. The molecule has 26 heavy (non-hydrogen) atoms. The Morgan fingerprint density at radius 3 is 2.38 bits per heavy atom. The van der Waals surface area contributed by atoms with Crippen molar-refractivity contribution in [2.45, 2.75) is 6.54 Å². The number of carbonyl (C=O) groups excluding carboxylic acids is 1. The van der Waals surface area contributed by atoms with Crippen LogP contribution in [0.5, 0.6) is 5.75 Å². The van der Waals surface area contributed by atoms with E-state index < -0.39 is 4.92 Å². The topological polar surface area (TPSA) is 75.9 Å². The Morgan fingerprint density at radius 2 is 1.81 bits per heavy atom. The Hall–Kier alpha value is -2.93. The summed E-state index contributed by atoms with van der Waals surface area (Å²) in [6.07, 6.45) is 0. The van der Waals surface area contributed by atoms with Crippen molar-refractivity contribution >= 4 is 11.6 Å². The van der Waals surface area contributed by atoms with Crippen molar-refractivity contribution in [2.24, 2.45) is 0 Å². The second-order valence-electron chi connectivity index (χ2n) is 6.16. The van der Waals surface area contributed by atoms with Gasteiger partial charge < -0.3 is 14.5 Å². The summed E-state index contributed by atoms with van der Waals surface area (Å²) in [5, 5.41) is 11.2. The normalized spacial score (nSPS) is 10.6. The highest BCUT2D eigenvalue weighted by molar-refractivity contribution is 5.95. The van der Waals surface area contributed by atoms with E-state index >= 15 is 0 Å². The quantitative estimate of drug-likeness (QED) is 0.536. The van der Waals surface area contributed by atoms with Gasteiger partial charge in [-0.15, -0.1) is 0 Å². The number of hydrogen-bond acceptors (Lipinski definition) is 5. The molecule has 0 atom stereocenters. The zero-order chi connectivity index (χ0) is 19.1. The number of carbonyl (C=O) groups is 1. The second kappa shape index (κ2) is 8.96. The smallest absolute Gasteiger partial charge is 0.311 e. The van der Waals surface area contributed by atoms with Crippen LogP contribution < -0.4 is 4.74 Å². The van der Waals surface area contributed by atoms with E-state index in [9.17, 15) is 14.9 Å². The first kappa shape index (κ1) is 19.4. The van der Waals surface area contributed by atoms with Gasteiger partial charge in [0.2, 0.25) is 0 Å². The fourth-order valence-electron chi connectivity index (χ4n) is 2.53. The summed E-state index contributed by atoms with van der Waals surface area (Å²) >= 11 is 0. The highest BCUT2D eigenvalue weighted by atomic mass is 16.6. The number of nitrogens with zero attached hydrogens (tertiary/aromatic N) is 3. The summed E-state index contributed by atoms with van der Waals surface area (Å²) in [6, 6.07) is 13.9. The zero-order valence-corrected chi connectivity index (χ0v) is 15.2. The monoisotopic (exact) mass is 357 g/mol. The number of hydrogen-bond donors (Lipinski definition) is 0. The predicted molar refractivity (Wildman–Crippen MR) is 99.4 cm³/mol. The minimum atomic E-state index is -0.545. The molecule has 0 aliphatic rings. The highest BCUT2D eigenvalue weighted by Gasteiger charge is 2.22. The largest absolute Gasteiger partial charge is 0.490 e. The number of nitro benzene ring substituents is 1. The predicted octanol–water partition coefficient (Wildman–Crippen LogP) is 2.81. The molecule has 0 unspecified atom stereocenters. The van der Waals surface area contributed by atoms with Gasteiger partial charge in [0.1, 0.15) is 0 Å². The van der Waals surface area contributed by atoms with Crippen LogP contribution in [0.1, 0.15) is 15.9 Å². The first-order valence-corrected chi connectivity index (χ1v) is 8.22. The molecule has 2 aromatic rings. The third kappa shape index (κ3) is 5.03. The van der Waals surface area contributed by atoms with Gasteiger partial charge in [0.15, 0.2) is 5.75 Å². The molecule has 0 aliphatic heterocycles. The molecule has 138 valence electrons. The third-order valence-electron chi connectivity index (χ3n) is 3.94. The van der Waals surface area contributed by atoms with E-state index in [1.165, 1.54) is 19.2 Å². The van der Waals surface area contributed by atoms with E-state index in [0.29, 0.717) is 19.6 Å². The third-order valence-corrected chi connectivity index (χ3v) is 3.94. The van der Waals surface area contributed by atoms with E-state index in [1.807, 2.05) is 49.3 Å². The number of ether oxygens (including phenoxy) is 1. The summed E-state index contributed by atoms with van der Waals surface area (Å²) in [5.41, 5.74) is 1.06. The Bertz CT molecular complexity index is 763. The number of amides is 1. The summed E-state index contributed by atoms with van der Waals surface area (Å²) in [7, 11) is 5.23. The molecule has 0 bridgehead atoms. The fraction of sp³-hybridized carbons (Fsp3) is 0.316. The van der Waals surface area contributed by atoms with Crippen LogP contribution in [-0.4, -0.2) is 54.9 Å². The molecule has 1 amide bonds. The van der Waals surface area contributed by atoms with E-state index in [2.05, 4.69) is 0 Å². The van der Waals surface area contributed by atoms with Gasteiger partial charge in [-0.25, -0.2) is 0 Å². The van der Waals surface area contributed by atoms with E-state index in [-0.39, 0.29) is 22.9 Å². The lowest BCUT2D eigenvalue weighted by Crippen LogP contribution is -2.36. The van der Waals surface area contributed by atoms with Crippen molar-refractivity contribution in [3.63, 3.8) is 0 Å². The number of benzene rings is 2. The standard InChI is InChI=1S/C19H23N3O4/c1-20(2)11-12-21(14-15-7-5-4-6-8-15)19(23)16-9-10-18(26-3)17(13-16)22(24)25/h4-10,13H,11-12,14H2,1-3H3. The zero-order valence-electron chi connectivity index (χ0n) is 15.2. The van der Waals surface area contributed by atoms with Gasteiger partial charge in [0, 0.05) is 31.3 Å². The van der Waals surface area contributed by atoms with Gasteiger partial charge in [0.05, 0.1) is 12.0 Å². The van der Waals surface area contributed by atoms with Crippen LogP contribution >= 0.6 is 0 Å². The molecule has 0 saturated heterocycles. The molecule has 2 aromatic carbocycles. The molecule has 7 heteroatoms. The summed E-state index contributed by atoms with van der Waals surface area (Å²) in [4.78, 5) is 27.3. The van der Waals surface area contributed by atoms with Crippen molar-refractivity contribution in [1.29, 1.82) is 0 Å². The van der Waals surface area contributed by atoms with Gasteiger partial charge in [0.25, 0.3) is 5.91 Å². The number of nitro groups is 1. The van der Waals surface area contributed by atoms with Crippen molar-refractivity contribution in [2.75, 3.05) is 34.3 Å². The molecule has 0 aromatic heterocycles. The van der Waals surface area contributed by atoms with Crippen LogP contribution in [0, 0.1) is 10.1 Å². The van der Waals surface area contributed by atoms with Crippen LogP contribution in [0.3, 0.4) is 0 Å². The minimum absolute atomic E-state index is 0.134. The van der Waals surface area contributed by atoms with Crippen molar-refractivity contribution < 1.29 is 14.5 Å². The number of likely N-dealkylation sites (N-methyl/N-ethyl adjacent to an activating group) is 1. The van der Waals surface area contributed by atoms with Crippen molar-refractivity contribution in [3.8, 4) is 5.75 Å². The average molecular weight is 357 g/mol. The van der Waals surface area contributed by atoms with Crippen LogP contribution in [0.25, 0.3) is 0 Å². The molecule has 0 radical (unpaired) electrons. The van der Waals surface area contributed by atoms with E-state index in [1.54, 1.807) is 11.0 Å². The number of methoxy groups -OCH3 is 1. The van der Waals surface area contributed by atoms with Crippen molar-refractivity contribution in [1.82, 2.24) is 9.80 Å². The first-order chi connectivity index (χ1) is 12.4. The molecule has 2 rings (SSSR count). The molecular weight excluding hydrogens is 334 g/mol. The lowest BCUT2D eigenvalue weighted by atomic mass is 10.1. The van der Waals surface area contributed by atoms with Crippen LogP contribution in [0.2, 0.25) is 0 Å². The average Bonchev–Trinajstić information content (AvgIpc) is 2.64. The maximum absolute atomic E-state index is 13.0. The van der Waals surface area contributed by atoms with Crippen LogP contribution in [-0.2, 0) is 6.54 Å². The highest BCUT2D eigenvalue weighted by Crippen LogP contribution is 2.28. The Balaban J connectivity index is 2.30. The van der Waals surface area contributed by atoms with Gasteiger partial charge in [-0.05, 0) is 31.8 Å². The summed E-state index contributed by atoms with van der Waals surface area (Å²) < 4.78 is 5.00. The lowest BCUT2D eigenvalue weighted by molar-refractivity contribution is -0.385. The van der Waals surface area contributed by atoms with Gasteiger partial charge in [-0.3, -0.25) is 14.9 Å². The van der Waals surface area contributed by atoms with Crippen LogP contribution in [0.4, 0.5) is 5.69 Å². The molecule has 7 nitrogen and oxygen atoms in total. The SMILES string of the molecule is COc1ccc(C(=O)N(CCN(C)C)Cc2ccccc2)cc1[N+](=O)[O-]. The van der Waals surface area contributed by atoms with E-state index in [0.717, 1.165) is 5.56 Å². The molecule has 0 N–H and O–H groups in total. The molecule has 0 aliphatic carbocycles. The van der Waals surface area contributed by atoms with E-state index in [4.69, 9.17) is 4.74 Å². The molecule has 0 saturated carbocycles. The van der Waals surface area contributed by atoms with Crippen molar-refractivity contribution in [3.05, 3.63) is 69.8 Å². The first-order valence-electron chi connectivity index (χ1n) is 8.22. The maximum atomic E-state index is 13.0. The lowest BCUT2D eigenvalue weighted by Gasteiger charge is -2.24. The number of rotatable bonds is 8. The van der Waals surface area contributed by atoms with Gasteiger partial charge in [-0.1, -0.05) is 30.3 Å². The summed E-state index contributed by atoms with van der Waals surface area (Å²) in [6.45, 7) is 1.64. The molecular formula is C19H23N3O4. The van der Waals surface area contributed by atoms with Gasteiger partial charge in [-0.2, -0.15) is 0 Å². The fourth-order valence-corrected chi connectivity index (χ4v) is 2.53. The Labute approximate surface area is 152 Å². The molecule has 0 fully saturated rings. The second-order valence-corrected chi connectivity index (χ2v) is 6.16. The molecule has 0 heterocycles. The minimum Gasteiger partial charge on any atom is -0.490 e. The summed E-state index contributed by atoms with van der Waals surface area (Å²) in [5.74, 6) is -0.115. The van der Waals surface area contributed by atoms with Crippen LogP contribution in [0.15, 0.2) is 48.5 Å². The Morgan fingerprint density at radius 1 is 1.12 bits per heavy atom. The molecule has 0 spiro atoms. The maximum Gasteiger partial charge on any atom is 0.311 e.